The van der Waals surface area contributed by atoms with E-state index < -0.39 is 12.0 Å². The van der Waals surface area contributed by atoms with Crippen molar-refractivity contribution in [3.8, 4) is 0 Å². The van der Waals surface area contributed by atoms with Crippen molar-refractivity contribution in [1.82, 2.24) is 4.90 Å². The van der Waals surface area contributed by atoms with Crippen molar-refractivity contribution in [3.05, 3.63) is 35.6 Å². The van der Waals surface area contributed by atoms with Crippen molar-refractivity contribution >= 4 is 5.97 Å². The molecule has 0 spiro atoms. The van der Waals surface area contributed by atoms with Gasteiger partial charge in [0, 0.05) is 13.1 Å². The zero-order chi connectivity index (χ0) is 13.0. The Hall–Kier alpha value is -1.46. The molecule has 0 radical (unpaired) electrons. The summed E-state index contributed by atoms with van der Waals surface area (Å²) in [5, 5.41) is 9.28. The minimum absolute atomic E-state index is 0.308. The first-order valence-electron chi connectivity index (χ1n) is 5.96. The molecule has 1 aliphatic rings. The second-order valence-electron chi connectivity index (χ2n) is 4.33. The molecule has 1 atom stereocenters. The lowest BCUT2D eigenvalue weighted by Gasteiger charge is -2.31. The highest BCUT2D eigenvalue weighted by Gasteiger charge is 2.27. The van der Waals surface area contributed by atoms with Crippen LogP contribution in [0.25, 0.3) is 0 Å². The van der Waals surface area contributed by atoms with E-state index in [2.05, 4.69) is 0 Å². The first kappa shape index (κ1) is 13.0. The van der Waals surface area contributed by atoms with Crippen LogP contribution in [-0.4, -0.2) is 48.3 Å². The maximum absolute atomic E-state index is 12.8. The van der Waals surface area contributed by atoms with Crippen LogP contribution in [0.1, 0.15) is 5.56 Å². The smallest absolute Gasteiger partial charge is 0.321 e. The third-order valence-electron chi connectivity index (χ3n) is 3.11. The Morgan fingerprint density at radius 2 is 1.94 bits per heavy atom. The van der Waals surface area contributed by atoms with E-state index in [9.17, 15) is 14.3 Å². The SMILES string of the molecule is O=C(O)C(Cc1ccc(F)cc1)N1CCOCC1. The number of hydrogen-bond donors (Lipinski definition) is 1. The number of ether oxygens (including phenoxy) is 1. The van der Waals surface area contributed by atoms with Gasteiger partial charge in [0.2, 0.25) is 0 Å². The van der Waals surface area contributed by atoms with E-state index in [1.165, 1.54) is 12.1 Å². The van der Waals surface area contributed by atoms with Gasteiger partial charge in [-0.3, -0.25) is 9.69 Å². The Balaban J connectivity index is 2.05. The van der Waals surface area contributed by atoms with Gasteiger partial charge in [0.15, 0.2) is 0 Å². The zero-order valence-corrected chi connectivity index (χ0v) is 10.0. The summed E-state index contributed by atoms with van der Waals surface area (Å²) in [5.41, 5.74) is 0.829. The summed E-state index contributed by atoms with van der Waals surface area (Å²) in [7, 11) is 0. The predicted octanol–water partition coefficient (Wildman–Crippen LogP) is 1.15. The molecule has 0 aromatic heterocycles. The van der Waals surface area contributed by atoms with E-state index in [1.54, 1.807) is 12.1 Å². The maximum atomic E-state index is 12.8. The summed E-state index contributed by atoms with van der Waals surface area (Å²) in [6, 6.07) is 5.40. The Labute approximate surface area is 105 Å². The van der Waals surface area contributed by atoms with Crippen LogP contribution in [0.5, 0.6) is 0 Å². The fourth-order valence-electron chi connectivity index (χ4n) is 2.11. The van der Waals surface area contributed by atoms with E-state index >= 15 is 0 Å². The fourth-order valence-corrected chi connectivity index (χ4v) is 2.11. The van der Waals surface area contributed by atoms with Gasteiger partial charge in [0.1, 0.15) is 11.9 Å². The molecule has 1 aromatic carbocycles. The second-order valence-corrected chi connectivity index (χ2v) is 4.33. The number of carbonyl (C=O) groups is 1. The van der Waals surface area contributed by atoms with Gasteiger partial charge in [-0.1, -0.05) is 12.1 Å². The standard InChI is InChI=1S/C13H16FNO3/c14-11-3-1-10(2-4-11)9-12(13(16)17)15-5-7-18-8-6-15/h1-4,12H,5-9H2,(H,16,17). The van der Waals surface area contributed by atoms with Gasteiger partial charge in [-0.05, 0) is 24.1 Å². The molecule has 1 aliphatic heterocycles. The van der Waals surface area contributed by atoms with Crippen LogP contribution in [0.15, 0.2) is 24.3 Å². The van der Waals surface area contributed by atoms with Gasteiger partial charge in [0.05, 0.1) is 13.2 Å². The van der Waals surface area contributed by atoms with Gasteiger partial charge in [0.25, 0.3) is 0 Å². The molecule has 1 N–H and O–H groups in total. The second kappa shape index (κ2) is 5.93. The summed E-state index contributed by atoms with van der Waals surface area (Å²) in [5.74, 6) is -1.15. The number of hydrogen-bond acceptors (Lipinski definition) is 3. The summed E-state index contributed by atoms with van der Waals surface area (Å²) in [4.78, 5) is 13.2. The van der Waals surface area contributed by atoms with Crippen LogP contribution in [0.4, 0.5) is 4.39 Å². The Bertz CT molecular complexity index is 401. The Morgan fingerprint density at radius 1 is 1.33 bits per heavy atom. The quantitative estimate of drug-likeness (QED) is 0.874. The average molecular weight is 253 g/mol. The van der Waals surface area contributed by atoms with Crippen LogP contribution < -0.4 is 0 Å². The lowest BCUT2D eigenvalue weighted by Crippen LogP contribution is -2.48. The van der Waals surface area contributed by atoms with Crippen LogP contribution >= 0.6 is 0 Å². The van der Waals surface area contributed by atoms with E-state index in [4.69, 9.17) is 4.74 Å². The fraction of sp³-hybridized carbons (Fsp3) is 0.462. The molecule has 1 saturated heterocycles. The van der Waals surface area contributed by atoms with E-state index in [0.29, 0.717) is 32.7 Å². The first-order chi connectivity index (χ1) is 8.66. The molecule has 98 valence electrons. The van der Waals surface area contributed by atoms with Gasteiger partial charge < -0.3 is 9.84 Å². The highest BCUT2D eigenvalue weighted by atomic mass is 19.1. The number of morpholine rings is 1. The van der Waals surface area contributed by atoms with Gasteiger partial charge in [-0.15, -0.1) is 0 Å². The van der Waals surface area contributed by atoms with E-state index in [-0.39, 0.29) is 5.82 Å². The number of rotatable bonds is 4. The molecule has 0 saturated carbocycles. The number of benzene rings is 1. The Morgan fingerprint density at radius 3 is 2.50 bits per heavy atom. The summed E-state index contributed by atoms with van der Waals surface area (Å²) in [6.45, 7) is 2.37. The monoisotopic (exact) mass is 253 g/mol. The van der Waals surface area contributed by atoms with E-state index in [0.717, 1.165) is 5.56 Å². The molecule has 1 fully saturated rings. The minimum Gasteiger partial charge on any atom is -0.480 e. The minimum atomic E-state index is -0.846. The Kier molecular flexibility index (Phi) is 4.28. The van der Waals surface area contributed by atoms with Crippen LogP contribution in [0, 0.1) is 5.82 Å². The number of halogens is 1. The number of carboxylic acids is 1. The summed E-state index contributed by atoms with van der Waals surface area (Å²) >= 11 is 0. The molecule has 5 heteroatoms. The third kappa shape index (κ3) is 3.27. The van der Waals surface area contributed by atoms with Crippen LogP contribution in [0.2, 0.25) is 0 Å². The molecule has 1 heterocycles. The van der Waals surface area contributed by atoms with Gasteiger partial charge in [-0.2, -0.15) is 0 Å². The highest BCUT2D eigenvalue weighted by molar-refractivity contribution is 5.74. The molecule has 0 amide bonds. The summed E-state index contributed by atoms with van der Waals surface area (Å²) in [6.07, 6.45) is 0.385. The normalized spacial score (nSPS) is 18.5. The third-order valence-corrected chi connectivity index (χ3v) is 3.11. The molecule has 4 nitrogen and oxygen atoms in total. The number of aliphatic carboxylic acids is 1. The molecule has 2 rings (SSSR count). The van der Waals surface area contributed by atoms with Crippen LogP contribution in [-0.2, 0) is 16.0 Å². The van der Waals surface area contributed by atoms with Crippen molar-refractivity contribution in [2.24, 2.45) is 0 Å². The van der Waals surface area contributed by atoms with Gasteiger partial charge in [-0.25, -0.2) is 4.39 Å². The van der Waals surface area contributed by atoms with Crippen molar-refractivity contribution in [3.63, 3.8) is 0 Å². The first-order valence-corrected chi connectivity index (χ1v) is 5.96. The lowest BCUT2D eigenvalue weighted by atomic mass is 10.0. The van der Waals surface area contributed by atoms with E-state index in [1.807, 2.05) is 4.90 Å². The molecule has 18 heavy (non-hydrogen) atoms. The molecule has 1 aromatic rings. The number of nitrogens with zero attached hydrogens (tertiary/aromatic N) is 1. The summed E-state index contributed by atoms with van der Waals surface area (Å²) < 4.78 is 18.0. The predicted molar refractivity (Wildman–Crippen MR) is 63.9 cm³/mol. The molecule has 1 unspecified atom stereocenters. The largest absolute Gasteiger partial charge is 0.480 e. The van der Waals surface area contributed by atoms with Crippen molar-refractivity contribution in [1.29, 1.82) is 0 Å². The van der Waals surface area contributed by atoms with Crippen molar-refractivity contribution in [2.75, 3.05) is 26.3 Å². The van der Waals surface area contributed by atoms with Crippen molar-refractivity contribution < 1.29 is 19.0 Å². The molecule has 0 aliphatic carbocycles. The van der Waals surface area contributed by atoms with Gasteiger partial charge >= 0.3 is 5.97 Å². The van der Waals surface area contributed by atoms with Crippen LogP contribution in [0.3, 0.4) is 0 Å². The molecular formula is C13H16FNO3. The highest BCUT2D eigenvalue weighted by Crippen LogP contribution is 2.12. The molecular weight excluding hydrogens is 237 g/mol. The molecule has 0 bridgehead atoms. The average Bonchev–Trinajstić information content (AvgIpc) is 2.38. The topological polar surface area (TPSA) is 49.8 Å². The maximum Gasteiger partial charge on any atom is 0.321 e. The zero-order valence-electron chi connectivity index (χ0n) is 10.0. The number of carboxylic acid groups (broad SMARTS) is 1. The van der Waals surface area contributed by atoms with Crippen molar-refractivity contribution in [2.45, 2.75) is 12.5 Å². The lowest BCUT2D eigenvalue weighted by molar-refractivity contribution is -0.145.